The number of hydrogen-bond acceptors (Lipinski definition) is 5. The number of hydrogen-bond donors (Lipinski definition) is 1. The summed E-state index contributed by atoms with van der Waals surface area (Å²) in [7, 11) is 3.14. The SMILES string of the molecule is COc1ccc(/C=N\NC(=O)c2cc(-c3ccc(-c4ccccc4)cc3)n(-c3ccccc3)n2)cc1OC. The fourth-order valence-electron chi connectivity index (χ4n) is 4.08. The van der Waals surface area contributed by atoms with Crippen molar-refractivity contribution in [3.05, 3.63) is 120 Å². The van der Waals surface area contributed by atoms with Gasteiger partial charge in [0.05, 0.1) is 31.8 Å². The highest BCUT2D eigenvalue weighted by molar-refractivity contribution is 5.94. The van der Waals surface area contributed by atoms with Crippen LogP contribution in [0.1, 0.15) is 16.1 Å². The predicted octanol–water partition coefficient (Wildman–Crippen LogP) is 5.99. The number of nitrogens with one attached hydrogen (secondary N) is 1. The van der Waals surface area contributed by atoms with Crippen LogP contribution in [-0.4, -0.2) is 36.1 Å². The number of carbonyl (C=O) groups is 1. The average Bonchev–Trinajstić information content (AvgIpc) is 3.44. The first-order valence-corrected chi connectivity index (χ1v) is 12.0. The quantitative estimate of drug-likeness (QED) is 0.209. The molecule has 5 rings (SSSR count). The summed E-state index contributed by atoms with van der Waals surface area (Å²) in [5.41, 5.74) is 8.41. The maximum atomic E-state index is 13.0. The summed E-state index contributed by atoms with van der Waals surface area (Å²) in [6, 6.07) is 35.3. The van der Waals surface area contributed by atoms with Gasteiger partial charge >= 0.3 is 0 Å². The highest BCUT2D eigenvalue weighted by atomic mass is 16.5. The number of rotatable bonds is 8. The maximum absolute atomic E-state index is 13.0. The number of amides is 1. The summed E-state index contributed by atoms with van der Waals surface area (Å²) >= 11 is 0. The molecule has 1 heterocycles. The van der Waals surface area contributed by atoms with Gasteiger partial charge in [-0.3, -0.25) is 4.79 Å². The molecule has 7 nitrogen and oxygen atoms in total. The fourth-order valence-corrected chi connectivity index (χ4v) is 4.08. The van der Waals surface area contributed by atoms with Crippen LogP contribution in [0.3, 0.4) is 0 Å². The lowest BCUT2D eigenvalue weighted by atomic mass is 10.0. The van der Waals surface area contributed by atoms with Gasteiger partial charge in [0.1, 0.15) is 0 Å². The first-order valence-electron chi connectivity index (χ1n) is 12.0. The summed E-state index contributed by atoms with van der Waals surface area (Å²) < 4.78 is 12.3. The van der Waals surface area contributed by atoms with Gasteiger partial charge in [0, 0.05) is 5.56 Å². The molecule has 1 amide bonds. The maximum Gasteiger partial charge on any atom is 0.291 e. The predicted molar refractivity (Wildman–Crippen MR) is 149 cm³/mol. The van der Waals surface area contributed by atoms with Gasteiger partial charge in [0.2, 0.25) is 0 Å². The van der Waals surface area contributed by atoms with E-state index >= 15 is 0 Å². The Kier molecular flexibility index (Phi) is 7.27. The Morgan fingerprint density at radius 3 is 2.08 bits per heavy atom. The molecule has 0 saturated heterocycles. The van der Waals surface area contributed by atoms with E-state index in [0.29, 0.717) is 11.5 Å². The molecule has 188 valence electrons. The van der Waals surface area contributed by atoms with Crippen LogP contribution in [0, 0.1) is 0 Å². The number of benzene rings is 4. The van der Waals surface area contributed by atoms with Gasteiger partial charge in [-0.1, -0.05) is 72.8 Å². The molecule has 0 spiro atoms. The largest absolute Gasteiger partial charge is 0.493 e. The van der Waals surface area contributed by atoms with Gasteiger partial charge in [-0.25, -0.2) is 10.1 Å². The normalized spacial score (nSPS) is 10.9. The summed E-state index contributed by atoms with van der Waals surface area (Å²) in [5.74, 6) is 0.773. The number of ether oxygens (including phenoxy) is 2. The van der Waals surface area contributed by atoms with Gasteiger partial charge in [0.25, 0.3) is 5.91 Å². The molecule has 0 saturated carbocycles. The summed E-state index contributed by atoms with van der Waals surface area (Å²) in [6.45, 7) is 0. The molecule has 7 heteroatoms. The molecule has 0 aliphatic heterocycles. The Balaban J connectivity index is 1.41. The smallest absolute Gasteiger partial charge is 0.291 e. The number of hydrazone groups is 1. The van der Waals surface area contributed by atoms with Crippen molar-refractivity contribution in [2.75, 3.05) is 14.2 Å². The highest BCUT2D eigenvalue weighted by Crippen LogP contribution is 2.28. The molecule has 0 aliphatic carbocycles. The molecule has 0 fully saturated rings. The van der Waals surface area contributed by atoms with Gasteiger partial charge in [-0.05, 0) is 53.1 Å². The van der Waals surface area contributed by atoms with Gasteiger partial charge in [0.15, 0.2) is 17.2 Å². The minimum atomic E-state index is -0.418. The van der Waals surface area contributed by atoms with Crippen molar-refractivity contribution in [3.8, 4) is 39.6 Å². The van der Waals surface area contributed by atoms with Gasteiger partial charge < -0.3 is 9.47 Å². The Bertz CT molecular complexity index is 1560. The zero-order valence-corrected chi connectivity index (χ0v) is 21.0. The van der Waals surface area contributed by atoms with Crippen LogP contribution in [0.15, 0.2) is 114 Å². The van der Waals surface area contributed by atoms with Crippen LogP contribution in [0.5, 0.6) is 11.5 Å². The number of para-hydroxylation sites is 1. The Hall–Kier alpha value is -5.17. The van der Waals surface area contributed by atoms with Crippen LogP contribution in [0.2, 0.25) is 0 Å². The first-order chi connectivity index (χ1) is 18.7. The van der Waals surface area contributed by atoms with E-state index < -0.39 is 5.91 Å². The van der Waals surface area contributed by atoms with E-state index in [2.05, 4.69) is 39.9 Å². The zero-order chi connectivity index (χ0) is 26.3. The Labute approximate surface area is 221 Å². The van der Waals surface area contributed by atoms with E-state index in [1.165, 1.54) is 6.21 Å². The van der Waals surface area contributed by atoms with Crippen molar-refractivity contribution >= 4 is 12.1 Å². The lowest BCUT2D eigenvalue weighted by molar-refractivity contribution is 0.0949. The second kappa shape index (κ2) is 11.3. The average molecular weight is 503 g/mol. The summed E-state index contributed by atoms with van der Waals surface area (Å²) in [5, 5.41) is 8.72. The van der Waals surface area contributed by atoms with Gasteiger partial charge in [-0.15, -0.1) is 0 Å². The lowest BCUT2D eigenvalue weighted by Gasteiger charge is -2.08. The van der Waals surface area contributed by atoms with Crippen molar-refractivity contribution in [1.82, 2.24) is 15.2 Å². The molecule has 38 heavy (non-hydrogen) atoms. The van der Waals surface area contributed by atoms with E-state index in [-0.39, 0.29) is 5.69 Å². The van der Waals surface area contributed by atoms with Gasteiger partial charge in [-0.2, -0.15) is 10.2 Å². The third-order valence-electron chi connectivity index (χ3n) is 6.02. The molecular formula is C31H26N4O3. The van der Waals surface area contributed by atoms with Crippen LogP contribution in [0.25, 0.3) is 28.1 Å². The fraction of sp³-hybridized carbons (Fsp3) is 0.0645. The molecule has 0 bridgehead atoms. The minimum absolute atomic E-state index is 0.250. The second-order valence-corrected chi connectivity index (χ2v) is 8.42. The van der Waals surface area contributed by atoms with E-state index in [9.17, 15) is 4.79 Å². The minimum Gasteiger partial charge on any atom is -0.493 e. The van der Waals surface area contributed by atoms with Crippen LogP contribution < -0.4 is 14.9 Å². The molecule has 4 aromatic carbocycles. The van der Waals surface area contributed by atoms with Crippen molar-refractivity contribution in [2.45, 2.75) is 0 Å². The van der Waals surface area contributed by atoms with Crippen LogP contribution in [-0.2, 0) is 0 Å². The van der Waals surface area contributed by atoms with Crippen LogP contribution >= 0.6 is 0 Å². The van der Waals surface area contributed by atoms with E-state index in [1.54, 1.807) is 37.1 Å². The standard InChI is InChI=1S/C31H26N4O3/c1-37-29-18-13-22(19-30(29)38-2)21-32-33-31(36)27-20-28(35(34-27)26-11-7-4-8-12-26)25-16-14-24(15-17-25)23-9-5-3-6-10-23/h3-21H,1-2H3,(H,33,36)/b32-21-. The molecular weight excluding hydrogens is 476 g/mol. The molecule has 1 N–H and O–H groups in total. The monoisotopic (exact) mass is 502 g/mol. The van der Waals surface area contributed by atoms with Crippen LogP contribution in [0.4, 0.5) is 0 Å². The highest BCUT2D eigenvalue weighted by Gasteiger charge is 2.17. The van der Waals surface area contributed by atoms with Crippen molar-refractivity contribution in [1.29, 1.82) is 0 Å². The number of aromatic nitrogens is 2. The Morgan fingerprint density at radius 2 is 1.39 bits per heavy atom. The van der Waals surface area contributed by atoms with Crippen molar-refractivity contribution in [2.24, 2.45) is 5.10 Å². The molecule has 1 aromatic heterocycles. The van der Waals surface area contributed by atoms with Crippen molar-refractivity contribution < 1.29 is 14.3 Å². The third kappa shape index (κ3) is 5.32. The number of carbonyl (C=O) groups excluding carboxylic acids is 1. The molecule has 0 unspecified atom stereocenters. The summed E-state index contributed by atoms with van der Waals surface area (Å²) in [4.78, 5) is 13.0. The van der Waals surface area contributed by atoms with E-state index in [0.717, 1.165) is 33.6 Å². The molecule has 0 radical (unpaired) electrons. The molecule has 5 aromatic rings. The zero-order valence-electron chi connectivity index (χ0n) is 21.0. The number of methoxy groups -OCH3 is 2. The molecule has 0 atom stereocenters. The number of nitrogens with zero attached hydrogens (tertiary/aromatic N) is 3. The first kappa shape index (κ1) is 24.5. The third-order valence-corrected chi connectivity index (χ3v) is 6.02. The van der Waals surface area contributed by atoms with E-state index in [1.807, 2.05) is 66.7 Å². The van der Waals surface area contributed by atoms with E-state index in [4.69, 9.17) is 9.47 Å². The topological polar surface area (TPSA) is 77.7 Å². The molecule has 0 aliphatic rings. The Morgan fingerprint density at radius 1 is 0.763 bits per heavy atom. The second-order valence-electron chi connectivity index (χ2n) is 8.42. The van der Waals surface area contributed by atoms with Crippen molar-refractivity contribution in [3.63, 3.8) is 0 Å². The summed E-state index contributed by atoms with van der Waals surface area (Å²) in [6.07, 6.45) is 1.54. The lowest BCUT2D eigenvalue weighted by Crippen LogP contribution is -2.18.